The summed E-state index contributed by atoms with van der Waals surface area (Å²) in [6.07, 6.45) is 2.48. The molecule has 0 spiro atoms. The van der Waals surface area contributed by atoms with Gasteiger partial charge in [0.2, 0.25) is 11.8 Å². The van der Waals surface area contributed by atoms with Gasteiger partial charge in [0.25, 0.3) is 0 Å². The Kier molecular flexibility index (Phi) is 4.62. The molecule has 2 atom stereocenters. The van der Waals surface area contributed by atoms with Gasteiger partial charge in [-0.25, -0.2) is 0 Å². The van der Waals surface area contributed by atoms with E-state index in [9.17, 15) is 0 Å². The molecular formula is C17H17N5O2. The fourth-order valence-electron chi connectivity index (χ4n) is 2.18. The molecule has 2 aromatic heterocycles. The van der Waals surface area contributed by atoms with E-state index in [4.69, 9.17) is 14.6 Å². The van der Waals surface area contributed by atoms with E-state index in [0.29, 0.717) is 5.89 Å². The normalized spacial score (nSPS) is 14.3. The van der Waals surface area contributed by atoms with Gasteiger partial charge < -0.3 is 14.6 Å². The fourth-order valence-corrected chi connectivity index (χ4v) is 2.18. The molecule has 1 aromatic carbocycles. The van der Waals surface area contributed by atoms with E-state index in [1.165, 1.54) is 0 Å². The molecule has 0 saturated heterocycles. The van der Waals surface area contributed by atoms with Crippen molar-refractivity contribution < 1.29 is 8.83 Å². The van der Waals surface area contributed by atoms with Gasteiger partial charge in [-0.1, -0.05) is 18.2 Å². The number of hydrogen-bond acceptors (Lipinski definition) is 7. The van der Waals surface area contributed by atoms with Crippen LogP contribution in [0.5, 0.6) is 0 Å². The lowest BCUT2D eigenvalue weighted by atomic mass is 10.2. The van der Waals surface area contributed by atoms with Crippen molar-refractivity contribution in [3.63, 3.8) is 0 Å². The van der Waals surface area contributed by atoms with Crippen LogP contribution in [0.25, 0.3) is 11.5 Å². The highest BCUT2D eigenvalue weighted by Crippen LogP contribution is 2.25. The summed E-state index contributed by atoms with van der Waals surface area (Å²) in [5.41, 5.74) is 8.41. The van der Waals surface area contributed by atoms with Gasteiger partial charge in [-0.2, -0.15) is 0 Å². The van der Waals surface area contributed by atoms with Crippen LogP contribution in [0.1, 0.15) is 24.4 Å². The van der Waals surface area contributed by atoms with Crippen molar-refractivity contribution in [1.82, 2.24) is 10.2 Å². The van der Waals surface area contributed by atoms with Gasteiger partial charge in [0, 0.05) is 16.8 Å². The second-order valence-electron chi connectivity index (χ2n) is 5.16. The van der Waals surface area contributed by atoms with Gasteiger partial charge in [-0.15, -0.1) is 10.2 Å². The van der Waals surface area contributed by atoms with Gasteiger partial charge in [0.1, 0.15) is 6.17 Å². The molecule has 7 nitrogen and oxygen atoms in total. The molecule has 0 amide bonds. The third-order valence-electron chi connectivity index (χ3n) is 3.52. The monoisotopic (exact) mass is 323 g/mol. The summed E-state index contributed by atoms with van der Waals surface area (Å²) in [5.74, 6) is 0.694. The van der Waals surface area contributed by atoms with Crippen LogP contribution in [-0.4, -0.2) is 28.8 Å². The predicted octanol–water partition coefficient (Wildman–Crippen LogP) is 2.87. The van der Waals surface area contributed by atoms with Crippen molar-refractivity contribution in [2.75, 3.05) is 0 Å². The summed E-state index contributed by atoms with van der Waals surface area (Å²) in [5, 5.41) is 8.15. The Labute approximate surface area is 138 Å². The molecule has 122 valence electrons. The van der Waals surface area contributed by atoms with Crippen LogP contribution in [-0.2, 0) is 0 Å². The van der Waals surface area contributed by atoms with E-state index >= 15 is 0 Å². The van der Waals surface area contributed by atoms with Crippen molar-refractivity contribution in [1.29, 1.82) is 0 Å². The fraction of sp³-hybridized carbons (Fsp3) is 0.176. The quantitative estimate of drug-likeness (QED) is 0.703. The number of benzene rings is 1. The molecule has 0 bridgehead atoms. The first-order valence-corrected chi connectivity index (χ1v) is 7.36. The van der Waals surface area contributed by atoms with E-state index < -0.39 is 12.2 Å². The van der Waals surface area contributed by atoms with Gasteiger partial charge in [0.15, 0.2) is 6.04 Å². The molecule has 0 aliphatic carbocycles. The smallest absolute Gasteiger partial charge is 0.247 e. The van der Waals surface area contributed by atoms with Crippen LogP contribution < -0.4 is 5.73 Å². The summed E-state index contributed by atoms with van der Waals surface area (Å²) in [4.78, 5) is 8.42. The summed E-state index contributed by atoms with van der Waals surface area (Å²) in [6.45, 7) is 5.34. The molecule has 0 fully saturated rings. The second-order valence-corrected chi connectivity index (χ2v) is 5.16. The Morgan fingerprint density at radius 3 is 2.67 bits per heavy atom. The standard InChI is InChI=1S/C17H17N5O2/c1-11(13-8-9-23-10-13)20-14(15(18)19-2)17-22-21-16(24-17)12-6-4-3-5-7-12/h3-10,14-15H,2,18H2,1H3. The third kappa shape index (κ3) is 3.31. The second kappa shape index (κ2) is 7.01. The number of nitrogens with zero attached hydrogens (tertiary/aromatic N) is 4. The number of aromatic nitrogens is 2. The van der Waals surface area contributed by atoms with Crippen molar-refractivity contribution in [3.8, 4) is 11.5 Å². The molecule has 0 radical (unpaired) electrons. The third-order valence-corrected chi connectivity index (χ3v) is 3.52. The van der Waals surface area contributed by atoms with Crippen LogP contribution in [0.15, 0.2) is 67.7 Å². The predicted molar refractivity (Wildman–Crippen MR) is 90.9 cm³/mol. The minimum absolute atomic E-state index is 0.289. The first-order valence-electron chi connectivity index (χ1n) is 7.36. The molecule has 0 aliphatic heterocycles. The summed E-state index contributed by atoms with van der Waals surface area (Å²) in [7, 11) is 0. The Bertz CT molecular complexity index is 824. The number of rotatable bonds is 6. The molecule has 2 heterocycles. The Hall–Kier alpha value is -3.06. The lowest BCUT2D eigenvalue weighted by molar-refractivity contribution is 0.423. The van der Waals surface area contributed by atoms with E-state index in [-0.39, 0.29) is 5.89 Å². The molecule has 24 heavy (non-hydrogen) atoms. The largest absolute Gasteiger partial charge is 0.472 e. The van der Waals surface area contributed by atoms with Gasteiger partial charge >= 0.3 is 0 Å². The Morgan fingerprint density at radius 2 is 2.00 bits per heavy atom. The number of hydrogen-bond donors (Lipinski definition) is 1. The maximum absolute atomic E-state index is 6.01. The van der Waals surface area contributed by atoms with Crippen molar-refractivity contribution >= 4 is 12.4 Å². The number of furan rings is 1. The van der Waals surface area contributed by atoms with Gasteiger partial charge in [-0.05, 0) is 31.8 Å². The molecule has 3 aromatic rings. The molecule has 0 saturated carbocycles. The maximum Gasteiger partial charge on any atom is 0.247 e. The molecule has 7 heteroatoms. The highest BCUT2D eigenvalue weighted by atomic mass is 16.4. The van der Waals surface area contributed by atoms with Crippen LogP contribution >= 0.6 is 0 Å². The highest BCUT2D eigenvalue weighted by molar-refractivity contribution is 5.98. The molecular weight excluding hydrogens is 306 g/mol. The zero-order valence-electron chi connectivity index (χ0n) is 13.2. The minimum Gasteiger partial charge on any atom is -0.472 e. The zero-order valence-corrected chi connectivity index (χ0v) is 13.2. The minimum atomic E-state index is -0.698. The van der Waals surface area contributed by atoms with Crippen molar-refractivity contribution in [2.24, 2.45) is 15.7 Å². The number of nitrogens with two attached hydrogens (primary N) is 1. The SMILES string of the molecule is C=NC(N)C(N=C(C)c1ccoc1)c1nnc(-c2ccccc2)o1. The Morgan fingerprint density at radius 1 is 1.21 bits per heavy atom. The summed E-state index contributed by atoms with van der Waals surface area (Å²) < 4.78 is 10.8. The average Bonchev–Trinajstić information content (AvgIpc) is 3.31. The van der Waals surface area contributed by atoms with Crippen molar-refractivity contribution in [2.45, 2.75) is 19.1 Å². The van der Waals surface area contributed by atoms with E-state index in [1.807, 2.05) is 43.3 Å². The van der Waals surface area contributed by atoms with E-state index in [2.05, 4.69) is 26.9 Å². The number of aliphatic imine (C=N–C) groups is 2. The van der Waals surface area contributed by atoms with Crippen molar-refractivity contribution in [3.05, 3.63) is 60.4 Å². The Balaban J connectivity index is 1.94. The highest BCUT2D eigenvalue weighted by Gasteiger charge is 2.25. The summed E-state index contributed by atoms with van der Waals surface area (Å²) in [6, 6.07) is 10.7. The molecule has 0 aliphatic rings. The first kappa shape index (κ1) is 15.8. The molecule has 2 unspecified atom stereocenters. The average molecular weight is 323 g/mol. The van der Waals surface area contributed by atoms with E-state index in [0.717, 1.165) is 16.8 Å². The van der Waals surface area contributed by atoms with Crippen LogP contribution in [0, 0.1) is 0 Å². The van der Waals surface area contributed by atoms with Gasteiger partial charge in [0.05, 0.1) is 12.5 Å². The van der Waals surface area contributed by atoms with Crippen LogP contribution in [0.2, 0.25) is 0 Å². The first-order chi connectivity index (χ1) is 11.7. The topological polar surface area (TPSA) is 103 Å². The zero-order chi connectivity index (χ0) is 16.9. The van der Waals surface area contributed by atoms with E-state index in [1.54, 1.807) is 12.5 Å². The molecule has 3 rings (SSSR count). The van der Waals surface area contributed by atoms with Crippen LogP contribution in [0.3, 0.4) is 0 Å². The lowest BCUT2D eigenvalue weighted by Crippen LogP contribution is -2.26. The lowest BCUT2D eigenvalue weighted by Gasteiger charge is -2.13. The maximum atomic E-state index is 6.01. The van der Waals surface area contributed by atoms with Gasteiger partial charge in [-0.3, -0.25) is 9.98 Å². The molecule has 2 N–H and O–H groups in total. The van der Waals surface area contributed by atoms with Crippen LogP contribution in [0.4, 0.5) is 0 Å². The summed E-state index contributed by atoms with van der Waals surface area (Å²) >= 11 is 0.